The summed E-state index contributed by atoms with van der Waals surface area (Å²) in [7, 11) is 5.76. The summed E-state index contributed by atoms with van der Waals surface area (Å²) in [5.74, 6) is -9.00. The summed E-state index contributed by atoms with van der Waals surface area (Å²) in [5.41, 5.74) is -5.77. The van der Waals surface area contributed by atoms with E-state index in [-0.39, 0.29) is 22.8 Å². The number of hydrogen-bond donors (Lipinski definition) is 0. The van der Waals surface area contributed by atoms with Gasteiger partial charge in [0.1, 0.15) is 23.0 Å². The van der Waals surface area contributed by atoms with E-state index in [1.807, 2.05) is 0 Å². The van der Waals surface area contributed by atoms with Crippen LogP contribution in [0.3, 0.4) is 0 Å². The van der Waals surface area contributed by atoms with Gasteiger partial charge >= 0.3 is 0 Å². The van der Waals surface area contributed by atoms with Gasteiger partial charge in [-0.05, 0) is 72.8 Å². The van der Waals surface area contributed by atoms with Gasteiger partial charge < -0.3 is 18.9 Å². The lowest BCUT2D eigenvalue weighted by Crippen LogP contribution is -2.44. The van der Waals surface area contributed by atoms with Crippen molar-refractivity contribution in [1.29, 1.82) is 0 Å². The van der Waals surface area contributed by atoms with Gasteiger partial charge in [0, 0.05) is 33.4 Å². The average molecular weight is 819 g/mol. The van der Waals surface area contributed by atoms with Crippen molar-refractivity contribution in [3.8, 4) is 23.0 Å². The lowest BCUT2D eigenvalue weighted by molar-refractivity contribution is 0.235. The first-order chi connectivity index (χ1) is 29.0. The van der Waals surface area contributed by atoms with E-state index in [1.165, 1.54) is 28.4 Å². The molecule has 2 aliphatic rings. The van der Waals surface area contributed by atoms with Gasteiger partial charge in [0.15, 0.2) is 34.9 Å². The Morgan fingerprint density at radius 2 is 0.617 bits per heavy atom. The zero-order valence-electron chi connectivity index (χ0n) is 32.2. The molecule has 8 nitrogen and oxygen atoms in total. The first-order valence-electron chi connectivity index (χ1n) is 18.2. The molecule has 0 fully saturated rings. The second-order valence-electron chi connectivity index (χ2n) is 13.6. The van der Waals surface area contributed by atoms with E-state index in [0.717, 1.165) is 12.1 Å². The molecule has 14 heteroatoms. The molecule has 0 bridgehead atoms. The highest BCUT2D eigenvalue weighted by atomic mass is 19.2. The van der Waals surface area contributed by atoms with Gasteiger partial charge in [0.05, 0.1) is 51.3 Å². The second kappa shape index (κ2) is 15.5. The van der Waals surface area contributed by atoms with Crippen molar-refractivity contribution in [2.24, 2.45) is 20.0 Å². The Balaban J connectivity index is 1.61. The monoisotopic (exact) mass is 818 g/mol. The van der Waals surface area contributed by atoms with Crippen molar-refractivity contribution >= 4 is 22.8 Å². The van der Waals surface area contributed by atoms with Crippen molar-refractivity contribution in [3.63, 3.8) is 0 Å². The van der Waals surface area contributed by atoms with Crippen molar-refractivity contribution in [2.75, 3.05) is 28.4 Å². The molecule has 0 unspecified atom stereocenters. The van der Waals surface area contributed by atoms with Crippen LogP contribution in [0, 0.1) is 34.9 Å². The summed E-state index contributed by atoms with van der Waals surface area (Å²) in [4.78, 5) is 20.3. The summed E-state index contributed by atoms with van der Waals surface area (Å²) in [5, 5.41) is 0. The van der Waals surface area contributed by atoms with Crippen LogP contribution in [0.2, 0.25) is 0 Å². The predicted molar refractivity (Wildman–Crippen MR) is 214 cm³/mol. The van der Waals surface area contributed by atoms with Gasteiger partial charge in [0.2, 0.25) is 11.3 Å². The van der Waals surface area contributed by atoms with Crippen LogP contribution in [0.4, 0.5) is 26.3 Å². The van der Waals surface area contributed by atoms with Gasteiger partial charge in [-0.25, -0.2) is 46.3 Å². The van der Waals surface area contributed by atoms with Gasteiger partial charge in [-0.2, -0.15) is 0 Å². The van der Waals surface area contributed by atoms with Gasteiger partial charge in [-0.3, -0.25) is 0 Å². The quantitative estimate of drug-likeness (QED) is 0.0964. The molecule has 0 spiro atoms. The number of methoxy groups -OCH3 is 4. The van der Waals surface area contributed by atoms with Crippen molar-refractivity contribution < 1.29 is 45.3 Å². The molecule has 0 saturated carbocycles. The Morgan fingerprint density at radius 3 is 0.867 bits per heavy atom. The molecule has 302 valence electrons. The van der Waals surface area contributed by atoms with Crippen LogP contribution < -0.4 is 18.9 Å². The Morgan fingerprint density at radius 1 is 0.350 bits per heavy atom. The van der Waals surface area contributed by atoms with Crippen LogP contribution in [0.1, 0.15) is 33.4 Å². The fourth-order valence-electron chi connectivity index (χ4n) is 7.31. The third-order valence-corrected chi connectivity index (χ3v) is 10.2. The molecule has 6 aromatic rings. The number of ether oxygens (including phenoxy) is 4. The lowest BCUT2D eigenvalue weighted by Gasteiger charge is -2.38. The van der Waals surface area contributed by atoms with E-state index in [1.54, 1.807) is 97.1 Å². The minimum Gasteiger partial charge on any atom is -0.497 e. The molecular formula is C46H32F6N4O4. The number of rotatable bonds is 11. The number of halogens is 6. The first-order valence-corrected chi connectivity index (χ1v) is 18.2. The van der Waals surface area contributed by atoms with Crippen LogP contribution in [0.5, 0.6) is 23.0 Å². The molecule has 0 atom stereocenters. The second-order valence-corrected chi connectivity index (χ2v) is 13.6. The largest absolute Gasteiger partial charge is 0.497 e. The van der Waals surface area contributed by atoms with Gasteiger partial charge in [-0.1, -0.05) is 48.5 Å². The molecule has 0 aliphatic carbocycles. The van der Waals surface area contributed by atoms with E-state index in [9.17, 15) is 8.78 Å². The Hall–Kier alpha value is -7.22. The predicted octanol–water partition coefficient (Wildman–Crippen LogP) is 9.55. The third-order valence-electron chi connectivity index (χ3n) is 10.2. The minimum atomic E-state index is -2.79. The van der Waals surface area contributed by atoms with E-state index >= 15 is 17.6 Å². The fourth-order valence-corrected chi connectivity index (χ4v) is 7.31. The lowest BCUT2D eigenvalue weighted by atomic mass is 9.81. The van der Waals surface area contributed by atoms with Crippen molar-refractivity contribution in [1.82, 2.24) is 0 Å². The van der Waals surface area contributed by atoms with Crippen LogP contribution >= 0.6 is 0 Å². The highest BCUT2D eigenvalue weighted by Gasteiger charge is 2.63. The van der Waals surface area contributed by atoms with Gasteiger partial charge in [-0.15, -0.1) is 0 Å². The number of aliphatic imine (C=N–C) groups is 4. The normalized spacial score (nSPS) is 15.2. The highest BCUT2D eigenvalue weighted by Crippen LogP contribution is 2.56. The van der Waals surface area contributed by atoms with Crippen LogP contribution in [-0.4, -0.2) is 51.3 Å². The van der Waals surface area contributed by atoms with E-state index in [4.69, 9.17) is 38.9 Å². The molecular weight excluding hydrogens is 787 g/mol. The molecule has 60 heavy (non-hydrogen) atoms. The van der Waals surface area contributed by atoms with Gasteiger partial charge in [0.25, 0.3) is 0 Å². The standard InChI is InChI=1S/C46H32F6N4O4/c1-57-29-13-5-9-25(21-29)41-42(26-10-6-14-30(22-26)58-2)54-45(53-41,33-17-19-35(47)39(51)37(33)49)46(34-18-20-36(48)40(52)38(34)50)55-43(27-11-7-15-31(23-27)59-3)44(56-46)28-12-8-16-32(24-28)60-4/h5-24H,1-4H3. The topological polar surface area (TPSA) is 86.4 Å². The first kappa shape index (κ1) is 39.6. The number of benzene rings is 6. The van der Waals surface area contributed by atoms with Crippen molar-refractivity contribution in [3.05, 3.63) is 190 Å². The molecule has 0 amide bonds. The van der Waals surface area contributed by atoms with Crippen LogP contribution in [-0.2, 0) is 11.3 Å². The molecule has 0 aromatic heterocycles. The summed E-state index contributed by atoms with van der Waals surface area (Å²) in [6.07, 6.45) is 0. The zero-order chi connectivity index (χ0) is 42.3. The Labute approximate surface area is 339 Å². The summed E-state index contributed by atoms with van der Waals surface area (Å²) >= 11 is 0. The molecule has 0 radical (unpaired) electrons. The molecule has 2 aliphatic heterocycles. The maximum absolute atomic E-state index is 16.9. The highest BCUT2D eigenvalue weighted by molar-refractivity contribution is 6.56. The summed E-state index contributed by atoms with van der Waals surface area (Å²) < 4.78 is 117. The fraction of sp³-hybridized carbons (Fsp3) is 0.130. The Kier molecular flexibility index (Phi) is 10.2. The molecule has 6 aromatic carbocycles. The van der Waals surface area contributed by atoms with Crippen molar-refractivity contribution in [2.45, 2.75) is 11.3 Å². The summed E-state index contributed by atoms with van der Waals surface area (Å²) in [6.45, 7) is 0. The molecule has 2 heterocycles. The molecule has 0 saturated heterocycles. The summed E-state index contributed by atoms with van der Waals surface area (Å²) in [6, 6.07) is 29.3. The van der Waals surface area contributed by atoms with E-state index in [0.29, 0.717) is 57.4 Å². The molecule has 0 N–H and O–H groups in total. The van der Waals surface area contributed by atoms with Crippen LogP contribution in [0.25, 0.3) is 0 Å². The number of nitrogens with zero attached hydrogens (tertiary/aromatic N) is 4. The maximum atomic E-state index is 16.9. The number of hydrogen-bond acceptors (Lipinski definition) is 8. The third kappa shape index (κ3) is 6.44. The van der Waals surface area contributed by atoms with E-state index in [2.05, 4.69) is 0 Å². The molecule has 8 rings (SSSR count). The van der Waals surface area contributed by atoms with Crippen LogP contribution in [0.15, 0.2) is 141 Å². The average Bonchev–Trinajstić information content (AvgIpc) is 3.90. The minimum absolute atomic E-state index is 0.0109. The SMILES string of the molecule is COc1cccc(C2=NC(c3ccc(F)c(F)c3F)(C3(c4ccc(F)c(F)c4F)N=C(c4cccc(OC)c4)C(c4cccc(OC)c4)=N3)N=C2c2cccc(OC)c2)c1. The zero-order valence-corrected chi connectivity index (χ0v) is 32.2. The Bertz CT molecular complexity index is 2510. The maximum Gasteiger partial charge on any atom is 0.229 e. The van der Waals surface area contributed by atoms with E-state index < -0.39 is 57.4 Å². The smallest absolute Gasteiger partial charge is 0.229 e.